The molecule has 11 heteroatoms. The highest BCUT2D eigenvalue weighted by Gasteiger charge is 2.36. The van der Waals surface area contributed by atoms with E-state index in [1.54, 1.807) is 9.13 Å². The van der Waals surface area contributed by atoms with Crippen molar-refractivity contribution in [1.82, 2.24) is 29.6 Å². The highest BCUT2D eigenvalue weighted by atomic mass is 16.5. The molecule has 256 valence electrons. The molecule has 0 bridgehead atoms. The monoisotopic (exact) mass is 656 g/mol. The molecule has 2 N–H and O–H groups in total. The highest BCUT2D eigenvalue weighted by molar-refractivity contribution is 5.99. The quantitative estimate of drug-likeness (QED) is 0.343. The molecule has 3 aliphatic rings. The van der Waals surface area contributed by atoms with E-state index < -0.39 is 0 Å². The molecule has 2 aliphatic heterocycles. The van der Waals surface area contributed by atoms with Crippen LogP contribution in [0.5, 0.6) is 5.75 Å². The molecule has 11 nitrogen and oxygen atoms in total. The fourth-order valence-electron chi connectivity index (χ4n) is 7.32. The number of benzene rings is 2. The molecule has 0 radical (unpaired) electrons. The number of hydrogen-bond donors (Lipinski definition) is 2. The van der Waals surface area contributed by atoms with Crippen molar-refractivity contribution in [2.24, 2.45) is 0 Å². The number of carbonyl (C=O) groups excluding carboxylic acids is 3. The van der Waals surface area contributed by atoms with Gasteiger partial charge in [-0.15, -0.1) is 0 Å². The number of piperidine rings is 1. The Hall–Kier alpha value is -4.38. The van der Waals surface area contributed by atoms with Crippen molar-refractivity contribution < 1.29 is 19.1 Å². The van der Waals surface area contributed by atoms with Gasteiger partial charge in [0.2, 0.25) is 5.91 Å². The predicted molar refractivity (Wildman–Crippen MR) is 184 cm³/mol. The van der Waals surface area contributed by atoms with E-state index in [1.807, 2.05) is 71.3 Å². The Morgan fingerprint density at radius 1 is 0.875 bits per heavy atom. The number of rotatable bonds is 10. The molecular formula is C37H48N6O5. The molecule has 1 saturated carbocycles. The first-order valence-corrected chi connectivity index (χ1v) is 17.6. The maximum Gasteiger partial charge on any atom is 0.329 e. The molecule has 3 aromatic rings. The van der Waals surface area contributed by atoms with Crippen molar-refractivity contribution in [2.45, 2.75) is 76.9 Å². The van der Waals surface area contributed by atoms with Gasteiger partial charge in [0.1, 0.15) is 11.4 Å². The first-order valence-electron chi connectivity index (χ1n) is 17.6. The van der Waals surface area contributed by atoms with Gasteiger partial charge in [-0.2, -0.15) is 0 Å². The summed E-state index contributed by atoms with van der Waals surface area (Å²) in [5, 5.41) is 6.51. The van der Waals surface area contributed by atoms with E-state index >= 15 is 0 Å². The third-order valence-corrected chi connectivity index (χ3v) is 9.86. The van der Waals surface area contributed by atoms with Crippen LogP contribution in [0.4, 0.5) is 0 Å². The zero-order valence-corrected chi connectivity index (χ0v) is 28.0. The van der Waals surface area contributed by atoms with E-state index in [1.165, 1.54) is 0 Å². The third kappa shape index (κ3) is 7.51. The van der Waals surface area contributed by atoms with Crippen LogP contribution in [-0.2, 0) is 16.1 Å². The van der Waals surface area contributed by atoms with Gasteiger partial charge >= 0.3 is 5.69 Å². The number of nitrogens with zero attached hydrogens (tertiary/aromatic N) is 4. The molecule has 1 unspecified atom stereocenters. The van der Waals surface area contributed by atoms with Gasteiger partial charge in [-0.1, -0.05) is 62.2 Å². The summed E-state index contributed by atoms with van der Waals surface area (Å²) in [5.74, 6) is 0.282. The molecule has 3 amide bonds. The van der Waals surface area contributed by atoms with E-state index in [0.29, 0.717) is 56.2 Å². The molecule has 3 fully saturated rings. The predicted octanol–water partition coefficient (Wildman–Crippen LogP) is 3.81. The molecular weight excluding hydrogens is 608 g/mol. The van der Waals surface area contributed by atoms with Gasteiger partial charge in [-0.3, -0.25) is 23.5 Å². The topological polar surface area (TPSA) is 118 Å². The second kappa shape index (κ2) is 15.7. The summed E-state index contributed by atoms with van der Waals surface area (Å²) in [5.41, 5.74) is 2.23. The van der Waals surface area contributed by atoms with Crippen molar-refractivity contribution >= 4 is 17.7 Å². The lowest BCUT2D eigenvalue weighted by Crippen LogP contribution is -2.47. The van der Waals surface area contributed by atoms with E-state index in [-0.39, 0.29) is 48.6 Å². The molecule has 1 aliphatic carbocycles. The maximum absolute atomic E-state index is 14.8. The molecule has 48 heavy (non-hydrogen) atoms. The van der Waals surface area contributed by atoms with E-state index in [9.17, 15) is 19.2 Å². The molecule has 3 heterocycles. The smallest absolute Gasteiger partial charge is 0.329 e. The summed E-state index contributed by atoms with van der Waals surface area (Å²) in [6.07, 6.45) is 6.90. The average molecular weight is 657 g/mol. The number of carbonyl (C=O) groups is 3. The van der Waals surface area contributed by atoms with Crippen LogP contribution in [-0.4, -0.2) is 88.6 Å². The Kier molecular flexibility index (Phi) is 10.9. The molecule has 1 aromatic heterocycles. The van der Waals surface area contributed by atoms with Crippen molar-refractivity contribution in [3.05, 3.63) is 76.3 Å². The third-order valence-electron chi connectivity index (χ3n) is 9.86. The number of piperazine rings is 1. The molecule has 2 atom stereocenters. The first kappa shape index (κ1) is 33.5. The minimum Gasteiger partial charge on any atom is -0.484 e. The van der Waals surface area contributed by atoms with Crippen molar-refractivity contribution in [1.29, 1.82) is 0 Å². The lowest BCUT2D eigenvalue weighted by molar-refractivity contribution is -0.134. The number of hydrogen-bond acceptors (Lipinski definition) is 6. The lowest BCUT2D eigenvalue weighted by atomic mass is 9.89. The number of likely N-dealkylation sites (tertiary alicyclic amines) is 1. The van der Waals surface area contributed by atoms with Crippen LogP contribution in [0.2, 0.25) is 0 Å². The van der Waals surface area contributed by atoms with Crippen LogP contribution in [0.15, 0.2) is 59.4 Å². The Balaban J connectivity index is 1.41. The van der Waals surface area contributed by atoms with Crippen LogP contribution in [0.25, 0.3) is 11.3 Å². The van der Waals surface area contributed by atoms with Crippen molar-refractivity contribution in [3.8, 4) is 17.0 Å². The summed E-state index contributed by atoms with van der Waals surface area (Å²) in [6, 6.07) is 16.6. The van der Waals surface area contributed by atoms with Gasteiger partial charge in [-0.25, -0.2) is 4.79 Å². The summed E-state index contributed by atoms with van der Waals surface area (Å²) in [7, 11) is 0. The lowest BCUT2D eigenvalue weighted by Gasteiger charge is -2.34. The van der Waals surface area contributed by atoms with Gasteiger partial charge in [0.15, 0.2) is 6.61 Å². The number of amides is 3. The molecule has 2 aromatic carbocycles. The highest BCUT2D eigenvalue weighted by Crippen LogP contribution is 2.35. The van der Waals surface area contributed by atoms with Crippen LogP contribution >= 0.6 is 0 Å². The Morgan fingerprint density at radius 2 is 1.62 bits per heavy atom. The minimum atomic E-state index is -0.303. The van der Waals surface area contributed by atoms with E-state index in [4.69, 9.17) is 4.74 Å². The van der Waals surface area contributed by atoms with E-state index in [0.717, 1.165) is 62.7 Å². The fourth-order valence-corrected chi connectivity index (χ4v) is 7.32. The number of ether oxygens (including phenoxy) is 1. The Labute approximate surface area is 282 Å². The maximum atomic E-state index is 14.8. The van der Waals surface area contributed by atoms with E-state index in [2.05, 4.69) is 10.6 Å². The minimum absolute atomic E-state index is 0.0259. The second-order valence-corrected chi connectivity index (χ2v) is 13.1. The average Bonchev–Trinajstić information content (AvgIpc) is 3.42. The first-order chi connectivity index (χ1) is 23.4. The standard InChI is InChI=1S/C37H48N6O5/c1-2-32(44)39-30-16-7-8-17-31(30)43-34(28-13-5-3-6-14-28)35(36(46)41-22-18-38-19-23-41)42(37(43)47)25-27-12-11-15-29(24-27)48-26-33(45)40-20-9-4-10-21-40/h3,5-6,11-15,24,30-31,38H,2,4,7-10,16-23,25-26H2,1H3,(H,39,44)/t30-,31?/m0/s1. The van der Waals surface area contributed by atoms with Gasteiger partial charge in [0, 0.05) is 57.3 Å². The fraction of sp³-hybridized carbons (Fsp3) is 0.514. The van der Waals surface area contributed by atoms with Crippen molar-refractivity contribution in [3.63, 3.8) is 0 Å². The summed E-state index contributed by atoms with van der Waals surface area (Å²) >= 11 is 0. The SMILES string of the molecule is CCC(=O)N[C@H]1CCCCC1n1c(-c2ccccc2)c(C(=O)N2CCNCC2)n(Cc2cccc(OCC(=O)N3CCCCC3)c2)c1=O. The van der Waals surface area contributed by atoms with Crippen molar-refractivity contribution in [2.75, 3.05) is 45.9 Å². The van der Waals surface area contributed by atoms with Gasteiger partial charge in [0.25, 0.3) is 11.8 Å². The van der Waals surface area contributed by atoms with Gasteiger partial charge in [0.05, 0.1) is 18.3 Å². The van der Waals surface area contributed by atoms with Crippen LogP contribution in [0.3, 0.4) is 0 Å². The number of imidazole rings is 1. The molecule has 6 rings (SSSR count). The van der Waals surface area contributed by atoms with Gasteiger partial charge in [-0.05, 0) is 49.8 Å². The Bertz CT molecular complexity index is 1640. The number of nitrogens with one attached hydrogen (secondary N) is 2. The summed E-state index contributed by atoms with van der Waals surface area (Å²) in [4.78, 5) is 58.4. The van der Waals surface area contributed by atoms with Crippen LogP contribution in [0, 0.1) is 0 Å². The van der Waals surface area contributed by atoms with Gasteiger partial charge < -0.3 is 25.2 Å². The van der Waals surface area contributed by atoms with Crippen LogP contribution < -0.4 is 21.1 Å². The largest absolute Gasteiger partial charge is 0.484 e. The molecule has 0 spiro atoms. The normalized spacial score (nSPS) is 19.9. The van der Waals surface area contributed by atoms with Crippen LogP contribution in [0.1, 0.15) is 80.4 Å². The summed E-state index contributed by atoms with van der Waals surface area (Å²) in [6.45, 7) is 5.91. The second-order valence-electron chi connectivity index (χ2n) is 13.1. The Morgan fingerprint density at radius 3 is 2.38 bits per heavy atom. The number of aromatic nitrogens is 2. The molecule has 2 saturated heterocycles. The summed E-state index contributed by atoms with van der Waals surface area (Å²) < 4.78 is 9.35. The zero-order valence-electron chi connectivity index (χ0n) is 28.0. The zero-order chi connectivity index (χ0) is 33.5.